The highest BCUT2D eigenvalue weighted by Gasteiger charge is 2.51. The molecule has 28 heavy (non-hydrogen) atoms. The Morgan fingerprint density at radius 1 is 0.429 bits per heavy atom. The first kappa shape index (κ1) is 16.2. The minimum Gasteiger partial charge on any atom is -0.0748 e. The first-order valence-corrected chi connectivity index (χ1v) is 10.0. The van der Waals surface area contributed by atoms with E-state index >= 15 is 0 Å². The molecule has 6 rings (SSSR count). The summed E-state index contributed by atoms with van der Waals surface area (Å²) in [5.74, 6) is 2.48. The van der Waals surface area contributed by atoms with Crippen LogP contribution in [0.25, 0.3) is 22.3 Å². The summed E-state index contributed by atoms with van der Waals surface area (Å²) in [6.07, 6.45) is 0. The Hall–Kier alpha value is -2.80. The Balaban J connectivity index is 1.68. The Morgan fingerprint density at radius 2 is 0.821 bits per heavy atom. The van der Waals surface area contributed by atoms with E-state index in [1.54, 1.807) is 0 Å². The highest BCUT2D eigenvalue weighted by atomic mass is 35.5. The van der Waals surface area contributed by atoms with Crippen molar-refractivity contribution in [2.75, 3.05) is 0 Å². The van der Waals surface area contributed by atoms with Gasteiger partial charge in [0.25, 0.3) is 0 Å². The van der Waals surface area contributed by atoms with Gasteiger partial charge in [0.2, 0.25) is 0 Å². The molecule has 4 aromatic carbocycles. The van der Waals surface area contributed by atoms with Crippen molar-refractivity contribution in [3.05, 3.63) is 129 Å². The second-order valence-electron chi connectivity index (χ2n) is 7.22. The van der Waals surface area contributed by atoms with Crippen LogP contribution in [-0.4, -0.2) is 0 Å². The molecule has 0 unspecified atom stereocenters. The molecule has 0 nitrogen and oxygen atoms in total. The average molecular weight is 397 g/mol. The van der Waals surface area contributed by atoms with Crippen molar-refractivity contribution in [2.24, 2.45) is 0 Å². The van der Waals surface area contributed by atoms with E-state index < -0.39 is 0 Å². The predicted octanol–water partition coefficient (Wildman–Crippen LogP) is 7.60. The largest absolute Gasteiger partial charge is 0.113 e. The lowest BCUT2D eigenvalue weighted by Gasteiger charge is -2.14. The van der Waals surface area contributed by atoms with E-state index in [-0.39, 0.29) is 0 Å². The summed E-state index contributed by atoms with van der Waals surface area (Å²) in [6, 6.07) is 29.6. The third-order valence-electron chi connectivity index (χ3n) is 5.73. The molecule has 0 fully saturated rings. The van der Waals surface area contributed by atoms with Crippen LogP contribution in [0.1, 0.15) is 22.3 Å². The smallest absolute Gasteiger partial charge is 0.0748 e. The number of benzene rings is 4. The minimum absolute atomic E-state index is 0.746. The standard InChI is InChI=1S/C26H14Cl2/c27-15-9-11-19-20-12-10-16(28)14-24(20)26(23(19)13-15)25-21-7-3-1-5-17(21)18-6-2-4-8-22(18)25/h1-14H/q+2. The zero-order valence-corrected chi connectivity index (χ0v) is 16.4. The maximum atomic E-state index is 6.42. The fourth-order valence-electron chi connectivity index (χ4n) is 4.62. The first-order valence-electron chi connectivity index (χ1n) is 9.26. The molecule has 0 atom stereocenters. The molecular weight excluding hydrogens is 383 g/mol. The van der Waals surface area contributed by atoms with E-state index in [0.717, 1.165) is 10.0 Å². The number of rotatable bonds is 1. The average Bonchev–Trinajstić information content (AvgIpc) is 3.19. The second kappa shape index (κ2) is 5.85. The third-order valence-corrected chi connectivity index (χ3v) is 6.20. The molecule has 2 heteroatoms. The van der Waals surface area contributed by atoms with Gasteiger partial charge in [0.05, 0.1) is 32.3 Å². The molecule has 2 aliphatic carbocycles. The molecule has 0 radical (unpaired) electrons. The van der Waals surface area contributed by atoms with Crippen molar-refractivity contribution in [3.8, 4) is 22.3 Å². The summed E-state index contributed by atoms with van der Waals surface area (Å²) >= 11 is 12.8. The molecule has 0 aromatic heterocycles. The monoisotopic (exact) mass is 396 g/mol. The van der Waals surface area contributed by atoms with Crippen molar-refractivity contribution in [3.63, 3.8) is 0 Å². The molecular formula is C26H14Cl2+2. The van der Waals surface area contributed by atoms with Gasteiger partial charge in [0.15, 0.2) is 0 Å². The van der Waals surface area contributed by atoms with Crippen molar-refractivity contribution in [1.82, 2.24) is 0 Å². The molecule has 0 N–H and O–H groups in total. The van der Waals surface area contributed by atoms with Crippen LogP contribution >= 0.6 is 23.2 Å². The maximum Gasteiger partial charge on any atom is 0.113 e. The molecule has 0 heterocycles. The second-order valence-corrected chi connectivity index (χ2v) is 8.09. The molecule has 4 aromatic rings. The lowest BCUT2D eigenvalue weighted by molar-refractivity contribution is 1.14. The normalized spacial score (nSPS) is 13.2. The number of hydrogen-bond donors (Lipinski definition) is 0. The molecule has 130 valence electrons. The summed E-state index contributed by atoms with van der Waals surface area (Å²) in [5, 5.41) is 1.49. The molecule has 2 aliphatic rings. The van der Waals surface area contributed by atoms with E-state index in [1.807, 2.05) is 12.1 Å². The summed E-state index contributed by atoms with van der Waals surface area (Å²) in [5.41, 5.74) is 9.84. The summed E-state index contributed by atoms with van der Waals surface area (Å²) in [7, 11) is 0. The minimum atomic E-state index is 0.746. The quantitative estimate of drug-likeness (QED) is 0.290. The maximum absolute atomic E-state index is 6.42. The van der Waals surface area contributed by atoms with Crippen molar-refractivity contribution in [2.45, 2.75) is 0 Å². The molecule has 0 saturated carbocycles. The van der Waals surface area contributed by atoms with E-state index in [2.05, 4.69) is 72.8 Å². The SMILES string of the molecule is Clc1ccc2c(c1)[C+]([C+]1c3ccccc3-c3ccccc31)c1cc(Cl)ccc1-2. The van der Waals surface area contributed by atoms with Gasteiger partial charge in [-0.15, -0.1) is 0 Å². The zero-order chi connectivity index (χ0) is 18.8. The van der Waals surface area contributed by atoms with Crippen LogP contribution in [0, 0.1) is 11.8 Å². The summed E-state index contributed by atoms with van der Waals surface area (Å²) in [6.45, 7) is 0. The molecule has 0 spiro atoms. The molecule has 0 aliphatic heterocycles. The Kier molecular flexibility index (Phi) is 3.38. The highest BCUT2D eigenvalue weighted by molar-refractivity contribution is 6.31. The van der Waals surface area contributed by atoms with Gasteiger partial charge in [0.1, 0.15) is 34.1 Å². The van der Waals surface area contributed by atoms with Crippen LogP contribution in [-0.2, 0) is 0 Å². The van der Waals surface area contributed by atoms with Gasteiger partial charge < -0.3 is 0 Å². The Bertz CT molecular complexity index is 1160. The van der Waals surface area contributed by atoms with Crippen LogP contribution in [0.2, 0.25) is 10.0 Å². The summed E-state index contributed by atoms with van der Waals surface area (Å²) in [4.78, 5) is 0. The van der Waals surface area contributed by atoms with Crippen molar-refractivity contribution < 1.29 is 0 Å². The van der Waals surface area contributed by atoms with E-state index in [9.17, 15) is 0 Å². The van der Waals surface area contributed by atoms with Crippen LogP contribution in [0.15, 0.2) is 84.9 Å². The van der Waals surface area contributed by atoms with Gasteiger partial charge in [0, 0.05) is 24.3 Å². The topological polar surface area (TPSA) is 0 Å². The van der Waals surface area contributed by atoms with E-state index in [4.69, 9.17) is 23.2 Å². The molecule has 0 bridgehead atoms. The molecule has 0 amide bonds. The Labute approximate surface area is 174 Å². The van der Waals surface area contributed by atoms with Gasteiger partial charge in [-0.1, -0.05) is 23.2 Å². The van der Waals surface area contributed by atoms with Crippen LogP contribution in [0.3, 0.4) is 0 Å². The van der Waals surface area contributed by atoms with Crippen LogP contribution in [0.5, 0.6) is 0 Å². The first-order chi connectivity index (χ1) is 13.7. The van der Waals surface area contributed by atoms with Gasteiger partial charge in [-0.3, -0.25) is 0 Å². The molecule has 0 saturated heterocycles. The number of halogens is 2. The highest BCUT2D eigenvalue weighted by Crippen LogP contribution is 2.57. The summed E-state index contributed by atoms with van der Waals surface area (Å²) < 4.78 is 0. The fourth-order valence-corrected chi connectivity index (χ4v) is 4.96. The lowest BCUT2D eigenvalue weighted by atomic mass is 9.78. The van der Waals surface area contributed by atoms with Gasteiger partial charge in [-0.2, -0.15) is 0 Å². The van der Waals surface area contributed by atoms with Crippen molar-refractivity contribution in [1.29, 1.82) is 0 Å². The van der Waals surface area contributed by atoms with Crippen LogP contribution < -0.4 is 0 Å². The zero-order valence-electron chi connectivity index (χ0n) is 14.8. The van der Waals surface area contributed by atoms with E-state index in [0.29, 0.717) is 0 Å². The third kappa shape index (κ3) is 2.13. The number of hydrogen-bond acceptors (Lipinski definition) is 0. The van der Waals surface area contributed by atoms with Crippen molar-refractivity contribution >= 4 is 23.2 Å². The van der Waals surface area contributed by atoms with Gasteiger partial charge >= 0.3 is 0 Å². The van der Waals surface area contributed by atoms with Crippen LogP contribution in [0.4, 0.5) is 0 Å². The van der Waals surface area contributed by atoms with Gasteiger partial charge in [-0.25, -0.2) is 0 Å². The predicted molar refractivity (Wildman–Crippen MR) is 117 cm³/mol. The Morgan fingerprint density at radius 3 is 1.32 bits per heavy atom. The van der Waals surface area contributed by atoms with Gasteiger partial charge in [-0.05, 0) is 60.7 Å². The fraction of sp³-hybridized carbons (Fsp3) is 0. The number of fused-ring (bicyclic) bond motifs is 6. The lowest BCUT2D eigenvalue weighted by Crippen LogP contribution is -2.12. The van der Waals surface area contributed by atoms with E-state index in [1.165, 1.54) is 56.3 Å².